The summed E-state index contributed by atoms with van der Waals surface area (Å²) in [5.74, 6) is -1.19. The maximum atomic E-state index is 14.3. The Morgan fingerprint density at radius 2 is 2.04 bits per heavy atom. The molecule has 2 unspecified atom stereocenters. The summed E-state index contributed by atoms with van der Waals surface area (Å²) >= 11 is 0. The van der Waals surface area contributed by atoms with Gasteiger partial charge >= 0.3 is 6.09 Å². The van der Waals surface area contributed by atoms with Crippen LogP contribution in [0.2, 0.25) is 0 Å². The van der Waals surface area contributed by atoms with Crippen LogP contribution in [0, 0.1) is 11.8 Å². The van der Waals surface area contributed by atoms with Gasteiger partial charge in [0.05, 0.1) is 0 Å². The molecule has 1 N–H and O–H groups in total. The number of hydrogen-bond acceptors (Lipinski definition) is 4. The van der Waals surface area contributed by atoms with Crippen molar-refractivity contribution in [2.75, 3.05) is 0 Å². The Morgan fingerprint density at radius 1 is 1.26 bits per heavy atom. The van der Waals surface area contributed by atoms with E-state index in [-0.39, 0.29) is 29.9 Å². The Labute approximate surface area is 156 Å². The van der Waals surface area contributed by atoms with Gasteiger partial charge in [-0.15, -0.1) is 0 Å². The molecule has 1 fully saturated rings. The van der Waals surface area contributed by atoms with Crippen LogP contribution < -0.4 is 10.1 Å². The molecule has 1 aliphatic rings. The largest absolute Gasteiger partial charge is 0.485 e. The maximum Gasteiger partial charge on any atom is 0.407 e. The molecule has 1 amide bonds. The first-order valence-electron chi connectivity index (χ1n) is 8.75. The number of nitrogens with one attached hydrogen (secondary N) is 1. The zero-order valence-electron chi connectivity index (χ0n) is 15.5. The second-order valence-electron chi connectivity index (χ2n) is 7.50. The fourth-order valence-corrected chi connectivity index (χ4v) is 2.80. The molecule has 0 bridgehead atoms. The maximum absolute atomic E-state index is 14.3. The molecule has 1 aliphatic carbocycles. The van der Waals surface area contributed by atoms with E-state index in [0.29, 0.717) is 12.0 Å². The summed E-state index contributed by atoms with van der Waals surface area (Å²) in [4.78, 5) is 15.5. The third-order valence-electron chi connectivity index (χ3n) is 4.10. The van der Waals surface area contributed by atoms with E-state index in [4.69, 9.17) is 9.47 Å². The summed E-state index contributed by atoms with van der Waals surface area (Å²) in [7, 11) is 0. The highest BCUT2D eigenvalue weighted by atomic mass is 19.1. The summed E-state index contributed by atoms with van der Waals surface area (Å²) in [5.41, 5.74) is 0.293. The number of carbonyl (C=O) groups is 1. The average molecular weight is 376 g/mol. The van der Waals surface area contributed by atoms with Crippen molar-refractivity contribution in [1.82, 2.24) is 10.3 Å². The van der Waals surface area contributed by atoms with Crippen molar-refractivity contribution in [1.29, 1.82) is 0 Å². The first-order valence-corrected chi connectivity index (χ1v) is 8.75. The number of halogens is 2. The first kappa shape index (κ1) is 19.1. The number of hydrogen-bond donors (Lipinski definition) is 1. The van der Waals surface area contributed by atoms with Crippen molar-refractivity contribution < 1.29 is 23.0 Å². The van der Waals surface area contributed by atoms with E-state index in [1.165, 1.54) is 18.3 Å². The predicted octanol–water partition coefficient (Wildman–Crippen LogP) is 4.32. The molecule has 1 saturated carbocycles. The third-order valence-corrected chi connectivity index (χ3v) is 4.10. The van der Waals surface area contributed by atoms with Crippen LogP contribution in [0.25, 0.3) is 0 Å². The van der Waals surface area contributed by atoms with Crippen LogP contribution >= 0.6 is 0 Å². The molecule has 3 rings (SSSR count). The molecule has 7 heteroatoms. The third kappa shape index (κ3) is 4.93. The van der Waals surface area contributed by atoms with Gasteiger partial charge in [-0.05, 0) is 45.4 Å². The van der Waals surface area contributed by atoms with Crippen LogP contribution in [0.15, 0.2) is 36.5 Å². The number of para-hydroxylation sites is 1. The zero-order chi connectivity index (χ0) is 19.6. The van der Waals surface area contributed by atoms with Crippen LogP contribution in [0.5, 0.6) is 5.75 Å². The van der Waals surface area contributed by atoms with E-state index in [1.54, 1.807) is 39.0 Å². The van der Waals surface area contributed by atoms with Gasteiger partial charge in [0.2, 0.25) is 5.95 Å². The van der Waals surface area contributed by atoms with Crippen LogP contribution in [0.1, 0.15) is 44.2 Å². The summed E-state index contributed by atoms with van der Waals surface area (Å²) in [6, 6.07) is 7.60. The second-order valence-corrected chi connectivity index (χ2v) is 7.50. The number of benzene rings is 1. The molecule has 0 radical (unpaired) electrons. The SMILES string of the molecule is CC(C)(C)OC(=O)NC1CC1c1cccc(F)c1OCc1cccnc1F. The molecular formula is C20H22F2N2O3. The Balaban J connectivity index is 1.68. The number of carbonyl (C=O) groups excluding carboxylic acids is 1. The molecule has 1 aromatic heterocycles. The van der Waals surface area contributed by atoms with Gasteiger partial charge in [-0.2, -0.15) is 4.39 Å². The fraction of sp³-hybridized carbons (Fsp3) is 0.400. The lowest BCUT2D eigenvalue weighted by atomic mass is 10.1. The zero-order valence-corrected chi connectivity index (χ0v) is 15.5. The van der Waals surface area contributed by atoms with Crippen molar-refractivity contribution in [3.05, 3.63) is 59.4 Å². The molecule has 0 spiro atoms. The van der Waals surface area contributed by atoms with Crippen LogP contribution in [0.3, 0.4) is 0 Å². The van der Waals surface area contributed by atoms with Crippen molar-refractivity contribution in [2.45, 2.75) is 51.4 Å². The predicted molar refractivity (Wildman–Crippen MR) is 95.4 cm³/mol. The van der Waals surface area contributed by atoms with Gasteiger partial charge < -0.3 is 14.8 Å². The summed E-state index contributed by atoms with van der Waals surface area (Å²) in [5, 5.41) is 2.78. The second kappa shape index (κ2) is 7.50. The van der Waals surface area contributed by atoms with Crippen molar-refractivity contribution >= 4 is 6.09 Å². The molecule has 0 saturated heterocycles. The van der Waals surface area contributed by atoms with Crippen molar-refractivity contribution in [3.8, 4) is 5.75 Å². The number of ether oxygens (including phenoxy) is 2. The van der Waals surface area contributed by atoms with Crippen LogP contribution in [-0.2, 0) is 11.3 Å². The van der Waals surface area contributed by atoms with E-state index >= 15 is 0 Å². The lowest BCUT2D eigenvalue weighted by Crippen LogP contribution is -2.34. The van der Waals surface area contributed by atoms with Gasteiger partial charge in [-0.1, -0.05) is 12.1 Å². The molecule has 5 nitrogen and oxygen atoms in total. The summed E-state index contributed by atoms with van der Waals surface area (Å²) in [6.07, 6.45) is 1.48. The molecule has 1 heterocycles. The number of aromatic nitrogens is 1. The highest BCUT2D eigenvalue weighted by molar-refractivity contribution is 5.69. The van der Waals surface area contributed by atoms with Gasteiger partial charge in [-0.3, -0.25) is 0 Å². The first-order chi connectivity index (χ1) is 12.7. The van der Waals surface area contributed by atoms with E-state index < -0.39 is 23.5 Å². The lowest BCUT2D eigenvalue weighted by Gasteiger charge is -2.19. The Bertz CT molecular complexity index is 836. The smallest absolute Gasteiger partial charge is 0.407 e. The van der Waals surface area contributed by atoms with Gasteiger partial charge in [0.25, 0.3) is 0 Å². The summed E-state index contributed by atoms with van der Waals surface area (Å²) in [6.45, 7) is 5.22. The quantitative estimate of drug-likeness (QED) is 0.790. The van der Waals surface area contributed by atoms with Gasteiger partial charge in [0, 0.05) is 29.3 Å². The Morgan fingerprint density at radius 3 is 2.74 bits per heavy atom. The van der Waals surface area contributed by atoms with E-state index in [2.05, 4.69) is 10.3 Å². The topological polar surface area (TPSA) is 60.5 Å². The number of pyridine rings is 1. The molecular weight excluding hydrogens is 354 g/mol. The molecule has 144 valence electrons. The molecule has 2 aromatic rings. The van der Waals surface area contributed by atoms with Crippen molar-refractivity contribution in [2.24, 2.45) is 0 Å². The minimum Gasteiger partial charge on any atom is -0.485 e. The van der Waals surface area contributed by atoms with Crippen LogP contribution in [-0.4, -0.2) is 22.7 Å². The highest BCUT2D eigenvalue weighted by Crippen LogP contribution is 2.45. The number of nitrogens with zero attached hydrogens (tertiary/aromatic N) is 1. The van der Waals surface area contributed by atoms with Crippen LogP contribution in [0.4, 0.5) is 13.6 Å². The van der Waals surface area contributed by atoms with E-state index in [9.17, 15) is 13.6 Å². The number of amides is 1. The fourth-order valence-electron chi connectivity index (χ4n) is 2.80. The monoisotopic (exact) mass is 376 g/mol. The normalized spacial score (nSPS) is 18.7. The average Bonchev–Trinajstić information content (AvgIpc) is 3.32. The standard InChI is InChI=1S/C20H22F2N2O3/c1-20(2,3)27-19(25)24-16-10-14(16)13-7-4-8-15(21)17(13)26-11-12-6-5-9-23-18(12)22/h4-9,14,16H,10-11H2,1-3H3,(H,24,25). The minimum absolute atomic E-state index is 0.0687. The summed E-state index contributed by atoms with van der Waals surface area (Å²) < 4.78 is 38.8. The van der Waals surface area contributed by atoms with E-state index in [1.807, 2.05) is 0 Å². The number of rotatable bonds is 5. The van der Waals surface area contributed by atoms with E-state index in [0.717, 1.165) is 0 Å². The molecule has 2 atom stereocenters. The van der Waals surface area contributed by atoms with Gasteiger partial charge in [0.1, 0.15) is 12.2 Å². The lowest BCUT2D eigenvalue weighted by molar-refractivity contribution is 0.0522. The van der Waals surface area contributed by atoms with Crippen molar-refractivity contribution in [3.63, 3.8) is 0 Å². The molecule has 27 heavy (non-hydrogen) atoms. The Hall–Kier alpha value is -2.70. The number of alkyl carbamates (subject to hydrolysis) is 1. The molecule has 0 aliphatic heterocycles. The highest BCUT2D eigenvalue weighted by Gasteiger charge is 2.42. The van der Waals surface area contributed by atoms with Gasteiger partial charge in [0.15, 0.2) is 11.6 Å². The Kier molecular flexibility index (Phi) is 5.30. The molecule has 1 aromatic carbocycles. The minimum atomic E-state index is -0.647. The van der Waals surface area contributed by atoms with Gasteiger partial charge in [-0.25, -0.2) is 14.2 Å².